The van der Waals surface area contributed by atoms with Crippen molar-refractivity contribution in [3.05, 3.63) is 29.7 Å². The van der Waals surface area contributed by atoms with Gasteiger partial charge < -0.3 is 15.8 Å². The van der Waals surface area contributed by atoms with Crippen molar-refractivity contribution in [3.8, 4) is 0 Å². The topological polar surface area (TPSA) is 112 Å². The first kappa shape index (κ1) is 20.8. The van der Waals surface area contributed by atoms with Crippen LogP contribution in [0.15, 0.2) is 18.5 Å². The minimum Gasteiger partial charge on any atom is -0.468 e. The fourth-order valence-corrected chi connectivity index (χ4v) is 4.96. The van der Waals surface area contributed by atoms with E-state index in [2.05, 4.69) is 10.4 Å². The lowest BCUT2D eigenvalue weighted by atomic mass is 9.75. The highest BCUT2D eigenvalue weighted by atomic mass is 16.5. The molecule has 1 aliphatic heterocycles. The third-order valence-corrected chi connectivity index (χ3v) is 6.73. The molecule has 0 aromatic carbocycles. The van der Waals surface area contributed by atoms with Crippen LogP contribution < -0.4 is 11.1 Å². The van der Waals surface area contributed by atoms with Gasteiger partial charge in [0.25, 0.3) is 0 Å². The first-order chi connectivity index (χ1) is 14.5. The second-order valence-electron chi connectivity index (χ2n) is 8.72. The number of methoxy groups -OCH3 is 1. The van der Waals surface area contributed by atoms with E-state index in [-0.39, 0.29) is 18.4 Å². The highest BCUT2D eigenvalue weighted by molar-refractivity contribution is 6.03. The second kappa shape index (κ2) is 8.71. The van der Waals surface area contributed by atoms with E-state index in [1.54, 1.807) is 10.7 Å². The lowest BCUT2D eigenvalue weighted by Gasteiger charge is -2.33. The van der Waals surface area contributed by atoms with Crippen molar-refractivity contribution in [2.75, 3.05) is 13.7 Å². The Morgan fingerprint density at radius 1 is 1.33 bits per heavy atom. The highest BCUT2D eigenvalue weighted by Gasteiger charge is 2.48. The summed E-state index contributed by atoms with van der Waals surface area (Å²) in [6.07, 6.45) is 12.4. The number of imidazole rings is 1. The van der Waals surface area contributed by atoms with Crippen molar-refractivity contribution in [2.45, 2.75) is 63.8 Å². The van der Waals surface area contributed by atoms with Crippen molar-refractivity contribution in [2.24, 2.45) is 17.1 Å². The number of rotatable bonds is 5. The van der Waals surface area contributed by atoms with Crippen LogP contribution in [0.1, 0.15) is 68.7 Å². The van der Waals surface area contributed by atoms with Crippen molar-refractivity contribution >= 4 is 17.5 Å². The molecule has 0 bridgehead atoms. The molecule has 8 heteroatoms. The lowest BCUT2D eigenvalue weighted by molar-refractivity contribution is -0.161. The van der Waals surface area contributed by atoms with Gasteiger partial charge in [0.2, 0.25) is 5.91 Å². The molecule has 4 rings (SSSR count). The van der Waals surface area contributed by atoms with Crippen LogP contribution in [0.2, 0.25) is 0 Å². The number of amides is 1. The van der Waals surface area contributed by atoms with Crippen LogP contribution in [-0.4, -0.2) is 40.1 Å². The third-order valence-electron chi connectivity index (χ3n) is 6.73. The summed E-state index contributed by atoms with van der Waals surface area (Å²) in [5, 5.41) is 7.28. The Hall–Kier alpha value is -2.48. The SMILES string of the molecule is COC(=O)[C@]1(Cc2cnn3cc([C@@H](N)C4CCCCCC4)nc3c2)CCCNC1=O. The number of piperidine rings is 1. The summed E-state index contributed by atoms with van der Waals surface area (Å²) >= 11 is 0. The molecule has 1 amide bonds. The summed E-state index contributed by atoms with van der Waals surface area (Å²) < 4.78 is 6.70. The number of hydrogen-bond donors (Lipinski definition) is 2. The Labute approximate surface area is 176 Å². The van der Waals surface area contributed by atoms with Crippen molar-refractivity contribution in [1.29, 1.82) is 0 Å². The number of aromatic nitrogens is 3. The molecule has 30 heavy (non-hydrogen) atoms. The maximum atomic E-state index is 12.6. The Morgan fingerprint density at radius 3 is 2.80 bits per heavy atom. The summed E-state index contributed by atoms with van der Waals surface area (Å²) in [6.45, 7) is 0.581. The van der Waals surface area contributed by atoms with Crippen LogP contribution >= 0.6 is 0 Å². The Bertz CT molecular complexity index is 909. The maximum absolute atomic E-state index is 12.6. The number of carbonyl (C=O) groups excluding carboxylic acids is 2. The van der Waals surface area contributed by atoms with E-state index in [1.165, 1.54) is 32.8 Å². The fourth-order valence-electron chi connectivity index (χ4n) is 4.96. The molecule has 2 aliphatic rings. The zero-order valence-electron chi connectivity index (χ0n) is 17.6. The van der Waals surface area contributed by atoms with E-state index >= 15 is 0 Å². The Kier molecular flexibility index (Phi) is 6.04. The standard InChI is InChI=1S/C22H31N5O3/c1-30-21(29)22(9-6-10-24-20(22)28)12-15-11-18-26-17(14-27(18)25-13-15)19(23)16-7-4-2-3-5-8-16/h11,13-14,16,19H,2-10,12,23H2,1H3,(H,24,28)/t19-,22-/m0/s1. The molecule has 3 N–H and O–H groups in total. The first-order valence-electron chi connectivity index (χ1n) is 11.0. The molecule has 8 nitrogen and oxygen atoms in total. The quantitative estimate of drug-likeness (QED) is 0.442. The average molecular weight is 414 g/mol. The van der Waals surface area contributed by atoms with E-state index < -0.39 is 11.4 Å². The molecular formula is C22H31N5O3. The number of carbonyl (C=O) groups is 2. The van der Waals surface area contributed by atoms with Gasteiger partial charge in [0, 0.05) is 6.54 Å². The van der Waals surface area contributed by atoms with Crippen LogP contribution in [-0.2, 0) is 20.7 Å². The van der Waals surface area contributed by atoms with Gasteiger partial charge in [0.15, 0.2) is 11.1 Å². The smallest absolute Gasteiger partial charge is 0.321 e. The van der Waals surface area contributed by atoms with Gasteiger partial charge in [-0.25, -0.2) is 9.50 Å². The number of hydrogen-bond acceptors (Lipinski definition) is 6. The Balaban J connectivity index is 1.58. The van der Waals surface area contributed by atoms with Crippen LogP contribution in [0.4, 0.5) is 0 Å². The van der Waals surface area contributed by atoms with Crippen LogP contribution in [0.25, 0.3) is 5.65 Å². The fraction of sp³-hybridized carbons (Fsp3) is 0.636. The van der Waals surface area contributed by atoms with Gasteiger partial charge in [0.05, 0.1) is 31.2 Å². The molecule has 0 unspecified atom stereocenters. The summed E-state index contributed by atoms with van der Waals surface area (Å²) in [5.74, 6) is -0.329. The second-order valence-corrected chi connectivity index (χ2v) is 8.72. The monoisotopic (exact) mass is 413 g/mol. The van der Waals surface area contributed by atoms with E-state index in [4.69, 9.17) is 15.5 Å². The number of esters is 1. The zero-order valence-corrected chi connectivity index (χ0v) is 17.6. The molecule has 2 fully saturated rings. The van der Waals surface area contributed by atoms with Gasteiger partial charge in [-0.05, 0) is 49.7 Å². The molecular weight excluding hydrogens is 382 g/mol. The van der Waals surface area contributed by atoms with Gasteiger partial charge in [0.1, 0.15) is 0 Å². The molecule has 162 valence electrons. The zero-order chi connectivity index (χ0) is 21.1. The number of fused-ring (bicyclic) bond motifs is 1. The molecule has 3 heterocycles. The average Bonchev–Trinajstić information content (AvgIpc) is 2.99. The maximum Gasteiger partial charge on any atom is 0.321 e. The molecule has 0 spiro atoms. The van der Waals surface area contributed by atoms with E-state index in [9.17, 15) is 9.59 Å². The molecule has 2 aromatic heterocycles. The normalized spacial score (nSPS) is 24.3. The summed E-state index contributed by atoms with van der Waals surface area (Å²) in [4.78, 5) is 29.9. The number of nitrogens with two attached hydrogens (primary N) is 1. The molecule has 2 atom stereocenters. The Morgan fingerprint density at radius 2 is 2.10 bits per heavy atom. The van der Waals surface area contributed by atoms with Crippen molar-refractivity contribution in [3.63, 3.8) is 0 Å². The van der Waals surface area contributed by atoms with Crippen molar-refractivity contribution < 1.29 is 14.3 Å². The summed E-state index contributed by atoms with van der Waals surface area (Å²) in [5.41, 5.74) is 7.68. The molecule has 1 saturated heterocycles. The van der Waals surface area contributed by atoms with Crippen LogP contribution in [0, 0.1) is 11.3 Å². The predicted octanol–water partition coefficient (Wildman–Crippen LogP) is 2.31. The van der Waals surface area contributed by atoms with Crippen LogP contribution in [0.5, 0.6) is 0 Å². The highest BCUT2D eigenvalue weighted by Crippen LogP contribution is 2.34. The molecule has 1 aliphatic carbocycles. The van der Waals surface area contributed by atoms with Crippen molar-refractivity contribution in [1.82, 2.24) is 19.9 Å². The predicted molar refractivity (Wildman–Crippen MR) is 112 cm³/mol. The summed E-state index contributed by atoms with van der Waals surface area (Å²) in [7, 11) is 1.32. The van der Waals surface area contributed by atoms with E-state index in [0.29, 0.717) is 24.5 Å². The van der Waals surface area contributed by atoms with Gasteiger partial charge in [-0.2, -0.15) is 5.10 Å². The largest absolute Gasteiger partial charge is 0.468 e. The van der Waals surface area contributed by atoms with E-state index in [0.717, 1.165) is 30.5 Å². The van der Waals surface area contributed by atoms with Gasteiger partial charge in [-0.3, -0.25) is 9.59 Å². The number of nitrogens with one attached hydrogen (secondary N) is 1. The number of ether oxygens (including phenoxy) is 1. The molecule has 0 radical (unpaired) electrons. The van der Waals surface area contributed by atoms with Gasteiger partial charge >= 0.3 is 5.97 Å². The van der Waals surface area contributed by atoms with Gasteiger partial charge in [-0.15, -0.1) is 0 Å². The minimum atomic E-state index is -1.21. The number of nitrogens with zero attached hydrogens (tertiary/aromatic N) is 3. The van der Waals surface area contributed by atoms with Crippen LogP contribution in [0.3, 0.4) is 0 Å². The van der Waals surface area contributed by atoms with Gasteiger partial charge in [-0.1, -0.05) is 25.7 Å². The first-order valence-corrected chi connectivity index (χ1v) is 11.0. The lowest BCUT2D eigenvalue weighted by Crippen LogP contribution is -2.52. The minimum absolute atomic E-state index is 0.0983. The van der Waals surface area contributed by atoms with E-state index in [1.807, 2.05) is 12.3 Å². The molecule has 1 saturated carbocycles. The molecule has 2 aromatic rings. The summed E-state index contributed by atoms with van der Waals surface area (Å²) in [6, 6.07) is 1.79. The third kappa shape index (κ3) is 3.93.